The van der Waals surface area contributed by atoms with Crippen LogP contribution in [0, 0.1) is 6.92 Å². The molecule has 1 aromatic heterocycles. The zero-order valence-electron chi connectivity index (χ0n) is 13.2. The van der Waals surface area contributed by atoms with E-state index in [2.05, 4.69) is 10.3 Å². The molecule has 1 fully saturated rings. The Labute approximate surface area is 135 Å². The molecule has 0 amide bonds. The Kier molecular flexibility index (Phi) is 4.36. The maximum Gasteiger partial charge on any atom is 0.243 e. The highest BCUT2D eigenvalue weighted by Crippen LogP contribution is 2.29. The van der Waals surface area contributed by atoms with E-state index < -0.39 is 10.0 Å². The summed E-state index contributed by atoms with van der Waals surface area (Å²) in [6, 6.07) is 5.03. The lowest BCUT2D eigenvalue weighted by Crippen LogP contribution is -2.29. The summed E-state index contributed by atoms with van der Waals surface area (Å²) in [5.41, 5.74) is 0.819. The number of aromatic nitrogens is 3. The molecular weight excluding hydrogens is 316 g/mol. The number of sulfonamides is 1. The number of hydrogen-bond acceptors (Lipinski definition) is 5. The van der Waals surface area contributed by atoms with Gasteiger partial charge in [0.2, 0.25) is 10.0 Å². The molecule has 0 unspecified atom stereocenters. The minimum absolute atomic E-state index is 0.0380. The second-order valence-corrected chi connectivity index (χ2v) is 7.49. The van der Waals surface area contributed by atoms with Crippen LogP contribution in [0.15, 0.2) is 35.5 Å². The van der Waals surface area contributed by atoms with E-state index in [1.165, 1.54) is 4.31 Å². The van der Waals surface area contributed by atoms with Crippen LogP contribution in [0.2, 0.25) is 0 Å². The van der Waals surface area contributed by atoms with E-state index in [1.807, 2.05) is 13.8 Å². The highest BCUT2D eigenvalue weighted by atomic mass is 32.2. The molecule has 7 nitrogen and oxygen atoms in total. The van der Waals surface area contributed by atoms with Crippen molar-refractivity contribution in [2.24, 2.45) is 0 Å². The maximum absolute atomic E-state index is 12.8. The number of ether oxygens (including phenoxy) is 1. The number of nitrogens with zero attached hydrogens (tertiary/aromatic N) is 4. The van der Waals surface area contributed by atoms with E-state index in [4.69, 9.17) is 4.74 Å². The smallest absolute Gasteiger partial charge is 0.243 e. The van der Waals surface area contributed by atoms with Gasteiger partial charge >= 0.3 is 0 Å². The molecule has 3 rings (SSSR count). The van der Waals surface area contributed by atoms with Crippen molar-refractivity contribution in [2.75, 3.05) is 19.7 Å². The second-order valence-electron chi connectivity index (χ2n) is 5.55. The lowest BCUT2D eigenvalue weighted by atomic mass is 10.2. The van der Waals surface area contributed by atoms with Crippen molar-refractivity contribution in [3.63, 3.8) is 0 Å². The van der Waals surface area contributed by atoms with E-state index in [0.717, 1.165) is 12.0 Å². The minimum Gasteiger partial charge on any atom is -0.494 e. The fraction of sp³-hybridized carbons (Fsp3) is 0.467. The van der Waals surface area contributed by atoms with Gasteiger partial charge in [0, 0.05) is 19.3 Å². The van der Waals surface area contributed by atoms with Crippen molar-refractivity contribution in [1.29, 1.82) is 0 Å². The monoisotopic (exact) mass is 336 g/mol. The Bertz CT molecular complexity index is 774. The average molecular weight is 336 g/mol. The third-order valence-corrected chi connectivity index (χ3v) is 5.89. The lowest BCUT2D eigenvalue weighted by molar-refractivity contribution is 0.337. The number of aryl methyl sites for hydroxylation is 1. The fourth-order valence-electron chi connectivity index (χ4n) is 2.81. The van der Waals surface area contributed by atoms with Gasteiger partial charge in [0.05, 0.1) is 23.7 Å². The van der Waals surface area contributed by atoms with Gasteiger partial charge in [-0.15, -0.1) is 5.10 Å². The summed E-state index contributed by atoms with van der Waals surface area (Å²) in [6.45, 7) is 5.21. The number of hydrogen-bond donors (Lipinski definition) is 0. The molecule has 1 atom stereocenters. The zero-order valence-corrected chi connectivity index (χ0v) is 14.0. The Morgan fingerprint density at radius 2 is 2.22 bits per heavy atom. The van der Waals surface area contributed by atoms with Crippen molar-refractivity contribution in [3.8, 4) is 5.75 Å². The molecule has 0 N–H and O–H groups in total. The molecule has 0 spiro atoms. The van der Waals surface area contributed by atoms with Gasteiger partial charge in [-0.05, 0) is 44.0 Å². The van der Waals surface area contributed by atoms with Crippen LogP contribution >= 0.6 is 0 Å². The minimum atomic E-state index is -3.50. The summed E-state index contributed by atoms with van der Waals surface area (Å²) < 4.78 is 34.3. The SMILES string of the molecule is CCOc1ccc(S(=O)(=O)N2CC[C@@H](n3ccnn3)C2)cc1C. The van der Waals surface area contributed by atoms with Gasteiger partial charge in [-0.2, -0.15) is 4.31 Å². The lowest BCUT2D eigenvalue weighted by Gasteiger charge is -2.17. The highest BCUT2D eigenvalue weighted by Gasteiger charge is 2.33. The van der Waals surface area contributed by atoms with Crippen molar-refractivity contribution in [1.82, 2.24) is 19.3 Å². The summed E-state index contributed by atoms with van der Waals surface area (Å²) in [6.07, 6.45) is 4.10. The van der Waals surface area contributed by atoms with Crippen LogP contribution in [0.25, 0.3) is 0 Å². The zero-order chi connectivity index (χ0) is 16.4. The molecule has 0 aliphatic carbocycles. The molecule has 124 valence electrons. The quantitative estimate of drug-likeness (QED) is 0.829. The number of benzene rings is 1. The molecule has 8 heteroatoms. The molecular formula is C15H20N4O3S. The Balaban J connectivity index is 1.81. The van der Waals surface area contributed by atoms with Crippen LogP contribution < -0.4 is 4.74 Å². The first-order chi connectivity index (χ1) is 11.0. The Morgan fingerprint density at radius 3 is 2.87 bits per heavy atom. The Hall–Kier alpha value is -1.93. The van der Waals surface area contributed by atoms with Crippen LogP contribution in [0.5, 0.6) is 5.75 Å². The van der Waals surface area contributed by atoms with Gasteiger partial charge in [0.15, 0.2) is 0 Å². The molecule has 23 heavy (non-hydrogen) atoms. The van der Waals surface area contributed by atoms with Gasteiger partial charge in [-0.3, -0.25) is 0 Å². The van der Waals surface area contributed by atoms with Gasteiger partial charge in [0.25, 0.3) is 0 Å². The van der Waals surface area contributed by atoms with Crippen molar-refractivity contribution >= 4 is 10.0 Å². The Morgan fingerprint density at radius 1 is 1.39 bits per heavy atom. The van der Waals surface area contributed by atoms with Crippen molar-refractivity contribution in [2.45, 2.75) is 31.2 Å². The molecule has 0 bridgehead atoms. The molecule has 0 saturated carbocycles. The first kappa shape index (κ1) is 15.9. The van der Waals surface area contributed by atoms with Crippen LogP contribution in [0.1, 0.15) is 24.9 Å². The van der Waals surface area contributed by atoms with Gasteiger partial charge in [0.1, 0.15) is 5.75 Å². The van der Waals surface area contributed by atoms with E-state index in [0.29, 0.717) is 30.3 Å². The van der Waals surface area contributed by atoms with Crippen molar-refractivity contribution < 1.29 is 13.2 Å². The van der Waals surface area contributed by atoms with Crippen LogP contribution in [-0.4, -0.2) is 47.4 Å². The predicted molar refractivity (Wildman–Crippen MR) is 84.8 cm³/mol. The molecule has 1 saturated heterocycles. The fourth-order valence-corrected chi connectivity index (χ4v) is 4.38. The molecule has 1 aromatic carbocycles. The van der Waals surface area contributed by atoms with Gasteiger partial charge in [-0.1, -0.05) is 5.21 Å². The third kappa shape index (κ3) is 3.09. The second kappa shape index (κ2) is 6.29. The first-order valence-corrected chi connectivity index (χ1v) is 9.05. The average Bonchev–Trinajstić information content (AvgIpc) is 3.20. The summed E-state index contributed by atoms with van der Waals surface area (Å²) in [4.78, 5) is 0.303. The third-order valence-electron chi connectivity index (χ3n) is 4.03. The van der Waals surface area contributed by atoms with E-state index in [1.54, 1.807) is 35.3 Å². The van der Waals surface area contributed by atoms with Crippen LogP contribution in [0.3, 0.4) is 0 Å². The molecule has 0 radical (unpaired) electrons. The van der Waals surface area contributed by atoms with E-state index >= 15 is 0 Å². The first-order valence-electron chi connectivity index (χ1n) is 7.61. The van der Waals surface area contributed by atoms with Gasteiger partial charge < -0.3 is 4.74 Å². The molecule has 1 aliphatic rings. The molecule has 1 aliphatic heterocycles. The summed E-state index contributed by atoms with van der Waals surface area (Å²) in [5, 5.41) is 7.74. The maximum atomic E-state index is 12.8. The van der Waals surface area contributed by atoms with Crippen molar-refractivity contribution in [3.05, 3.63) is 36.2 Å². The summed E-state index contributed by atoms with van der Waals surface area (Å²) in [5.74, 6) is 0.716. The van der Waals surface area contributed by atoms with E-state index in [-0.39, 0.29) is 6.04 Å². The number of rotatable bonds is 5. The summed E-state index contributed by atoms with van der Waals surface area (Å²) in [7, 11) is -3.50. The molecule has 2 heterocycles. The van der Waals surface area contributed by atoms with Gasteiger partial charge in [-0.25, -0.2) is 13.1 Å². The van der Waals surface area contributed by atoms with Crippen LogP contribution in [0.4, 0.5) is 0 Å². The van der Waals surface area contributed by atoms with Crippen LogP contribution in [-0.2, 0) is 10.0 Å². The standard InChI is InChI=1S/C15H20N4O3S/c1-3-22-15-5-4-14(10-12(15)2)23(20,21)18-8-6-13(11-18)19-9-7-16-17-19/h4-5,7,9-10,13H,3,6,8,11H2,1-2H3/t13-/m1/s1. The topological polar surface area (TPSA) is 77.3 Å². The predicted octanol–water partition coefficient (Wildman–Crippen LogP) is 1.62. The van der Waals surface area contributed by atoms with E-state index in [9.17, 15) is 8.42 Å². The normalized spacial score (nSPS) is 19.1. The highest BCUT2D eigenvalue weighted by molar-refractivity contribution is 7.89. The summed E-state index contributed by atoms with van der Waals surface area (Å²) >= 11 is 0. The molecule has 2 aromatic rings. The largest absolute Gasteiger partial charge is 0.494 e.